The Labute approximate surface area is 130 Å². The van der Waals surface area contributed by atoms with Gasteiger partial charge in [-0.3, -0.25) is 9.69 Å². The number of rotatable bonds is 3. The molecule has 2 atom stereocenters. The van der Waals surface area contributed by atoms with Gasteiger partial charge in [0.1, 0.15) is 0 Å². The van der Waals surface area contributed by atoms with Crippen LogP contribution < -0.4 is 0 Å². The first-order chi connectivity index (χ1) is 10.0. The van der Waals surface area contributed by atoms with Crippen LogP contribution in [0.5, 0.6) is 0 Å². The van der Waals surface area contributed by atoms with Gasteiger partial charge in [0.15, 0.2) is 0 Å². The Hall–Kier alpha value is -0.910. The highest BCUT2D eigenvalue weighted by molar-refractivity contribution is 7.11. The first-order valence-corrected chi connectivity index (χ1v) is 8.48. The summed E-state index contributed by atoms with van der Waals surface area (Å²) < 4.78 is 0. The van der Waals surface area contributed by atoms with Gasteiger partial charge in [-0.05, 0) is 31.4 Å². The number of aryl methyl sites for hydroxylation is 1. The fourth-order valence-corrected chi connectivity index (χ4v) is 4.83. The van der Waals surface area contributed by atoms with E-state index in [4.69, 9.17) is 0 Å². The highest BCUT2D eigenvalue weighted by Gasteiger charge is 2.49. The summed E-state index contributed by atoms with van der Waals surface area (Å²) in [6.45, 7) is 8.41. The third-order valence-corrected chi connectivity index (χ3v) is 6.06. The standard InChI is InChI=1S/C16H24N2O2S/c1-12-3-4-15(21-12)8-17-7-14-5-6-18(13(2)20)10-16(14,9-17)11-19/h3-4,14,19H,5-11H2,1-2H3. The largest absolute Gasteiger partial charge is 0.396 e. The molecule has 0 bridgehead atoms. The van der Waals surface area contributed by atoms with Crippen molar-refractivity contribution in [3.8, 4) is 0 Å². The van der Waals surface area contributed by atoms with E-state index in [9.17, 15) is 9.90 Å². The molecule has 1 aromatic rings. The second-order valence-corrected chi connectivity index (χ2v) is 8.00. The molecule has 1 aromatic heterocycles. The van der Waals surface area contributed by atoms with Gasteiger partial charge in [-0.25, -0.2) is 0 Å². The number of fused-ring (bicyclic) bond motifs is 1. The molecule has 5 heteroatoms. The Balaban J connectivity index is 1.71. The molecule has 21 heavy (non-hydrogen) atoms. The van der Waals surface area contributed by atoms with Crippen LogP contribution in [-0.2, 0) is 11.3 Å². The van der Waals surface area contributed by atoms with E-state index in [1.54, 1.807) is 6.92 Å². The lowest BCUT2D eigenvalue weighted by molar-refractivity contribution is -0.134. The number of aliphatic hydroxyl groups is 1. The first kappa shape index (κ1) is 15.0. The van der Waals surface area contributed by atoms with Crippen LogP contribution in [0.15, 0.2) is 12.1 Å². The number of likely N-dealkylation sites (tertiary alicyclic amines) is 2. The van der Waals surface area contributed by atoms with Crippen LogP contribution in [0.4, 0.5) is 0 Å². The first-order valence-electron chi connectivity index (χ1n) is 7.66. The molecule has 0 aliphatic carbocycles. The van der Waals surface area contributed by atoms with Gasteiger partial charge in [-0.2, -0.15) is 0 Å². The minimum Gasteiger partial charge on any atom is -0.396 e. The molecular formula is C16H24N2O2S. The smallest absolute Gasteiger partial charge is 0.219 e. The van der Waals surface area contributed by atoms with Gasteiger partial charge >= 0.3 is 0 Å². The van der Waals surface area contributed by atoms with Crippen molar-refractivity contribution in [2.75, 3.05) is 32.8 Å². The number of piperidine rings is 1. The summed E-state index contributed by atoms with van der Waals surface area (Å²) in [7, 11) is 0. The van der Waals surface area contributed by atoms with Gasteiger partial charge in [-0.15, -0.1) is 11.3 Å². The minimum atomic E-state index is -0.115. The molecule has 1 N–H and O–H groups in total. The number of hydrogen-bond donors (Lipinski definition) is 1. The van der Waals surface area contributed by atoms with Crippen molar-refractivity contribution in [2.45, 2.75) is 26.8 Å². The molecule has 4 nitrogen and oxygen atoms in total. The van der Waals surface area contributed by atoms with Crippen LogP contribution in [0.2, 0.25) is 0 Å². The molecule has 2 aliphatic heterocycles. The third kappa shape index (κ3) is 2.87. The zero-order chi connectivity index (χ0) is 15.0. The van der Waals surface area contributed by atoms with Gasteiger partial charge in [0.25, 0.3) is 0 Å². The predicted molar refractivity (Wildman–Crippen MR) is 84.2 cm³/mol. The Bertz CT molecular complexity index is 530. The quantitative estimate of drug-likeness (QED) is 0.925. The SMILES string of the molecule is CC(=O)N1CCC2CN(Cc3ccc(C)s3)CC2(CO)C1. The van der Waals surface area contributed by atoms with E-state index in [-0.39, 0.29) is 17.9 Å². The molecule has 0 radical (unpaired) electrons. The van der Waals surface area contributed by atoms with Crippen LogP contribution in [0.25, 0.3) is 0 Å². The Morgan fingerprint density at radius 1 is 1.48 bits per heavy atom. The van der Waals surface area contributed by atoms with Crippen LogP contribution in [0.3, 0.4) is 0 Å². The van der Waals surface area contributed by atoms with Crippen LogP contribution >= 0.6 is 11.3 Å². The molecule has 116 valence electrons. The fraction of sp³-hybridized carbons (Fsp3) is 0.688. The molecule has 0 saturated carbocycles. The van der Waals surface area contributed by atoms with E-state index >= 15 is 0 Å². The van der Waals surface area contributed by atoms with Crippen molar-refractivity contribution in [1.29, 1.82) is 0 Å². The van der Waals surface area contributed by atoms with E-state index < -0.39 is 0 Å². The molecule has 0 aromatic carbocycles. The molecule has 3 rings (SSSR count). The van der Waals surface area contributed by atoms with E-state index in [0.717, 1.165) is 32.6 Å². The average molecular weight is 308 g/mol. The maximum absolute atomic E-state index is 11.7. The number of amides is 1. The summed E-state index contributed by atoms with van der Waals surface area (Å²) in [5.74, 6) is 0.646. The zero-order valence-electron chi connectivity index (χ0n) is 12.8. The number of nitrogens with zero attached hydrogens (tertiary/aromatic N) is 2. The second-order valence-electron chi connectivity index (χ2n) is 6.63. The molecule has 2 fully saturated rings. The van der Waals surface area contributed by atoms with Gasteiger partial charge in [0, 0.05) is 54.8 Å². The summed E-state index contributed by atoms with van der Waals surface area (Å²) in [6, 6.07) is 4.37. The lowest BCUT2D eigenvalue weighted by atomic mass is 9.74. The van der Waals surface area contributed by atoms with Crippen LogP contribution in [0.1, 0.15) is 23.1 Å². The van der Waals surface area contributed by atoms with Crippen molar-refractivity contribution in [3.63, 3.8) is 0 Å². The number of hydrogen-bond acceptors (Lipinski definition) is 4. The molecule has 3 heterocycles. The summed E-state index contributed by atoms with van der Waals surface area (Å²) in [6.07, 6.45) is 1.01. The van der Waals surface area contributed by atoms with E-state index in [1.165, 1.54) is 9.75 Å². The lowest BCUT2D eigenvalue weighted by Crippen LogP contribution is -2.52. The monoisotopic (exact) mass is 308 g/mol. The molecular weight excluding hydrogens is 284 g/mol. The molecule has 2 unspecified atom stereocenters. The summed E-state index contributed by atoms with van der Waals surface area (Å²) in [4.78, 5) is 18.8. The topological polar surface area (TPSA) is 43.8 Å². The maximum atomic E-state index is 11.7. The predicted octanol–water partition coefficient (Wildman–Crippen LogP) is 1.72. The van der Waals surface area contributed by atoms with E-state index in [1.807, 2.05) is 16.2 Å². The third-order valence-electron chi connectivity index (χ3n) is 5.07. The normalized spacial score (nSPS) is 29.7. The highest BCUT2D eigenvalue weighted by atomic mass is 32.1. The average Bonchev–Trinajstić information content (AvgIpc) is 3.01. The molecule has 2 saturated heterocycles. The summed E-state index contributed by atoms with van der Waals surface area (Å²) in [5, 5.41) is 9.98. The molecule has 2 aliphatic rings. The van der Waals surface area contributed by atoms with Gasteiger partial charge in [0.05, 0.1) is 6.61 Å². The summed E-state index contributed by atoms with van der Waals surface area (Å²) in [5.41, 5.74) is -0.115. The number of thiophene rings is 1. The van der Waals surface area contributed by atoms with Crippen molar-refractivity contribution < 1.29 is 9.90 Å². The number of carbonyl (C=O) groups excluding carboxylic acids is 1. The highest BCUT2D eigenvalue weighted by Crippen LogP contribution is 2.42. The van der Waals surface area contributed by atoms with Crippen LogP contribution in [0, 0.1) is 18.3 Å². The van der Waals surface area contributed by atoms with Gasteiger partial charge in [0.2, 0.25) is 5.91 Å². The zero-order valence-corrected chi connectivity index (χ0v) is 13.7. The molecule has 0 spiro atoms. The lowest BCUT2D eigenvalue weighted by Gasteiger charge is -2.42. The summed E-state index contributed by atoms with van der Waals surface area (Å²) >= 11 is 1.85. The van der Waals surface area contributed by atoms with Gasteiger partial charge in [-0.1, -0.05) is 0 Å². The maximum Gasteiger partial charge on any atom is 0.219 e. The molecule has 1 amide bonds. The van der Waals surface area contributed by atoms with E-state index in [0.29, 0.717) is 12.5 Å². The Kier molecular flexibility index (Phi) is 4.08. The number of aliphatic hydroxyl groups excluding tert-OH is 1. The van der Waals surface area contributed by atoms with E-state index in [2.05, 4.69) is 24.0 Å². The Morgan fingerprint density at radius 2 is 2.29 bits per heavy atom. The van der Waals surface area contributed by atoms with Gasteiger partial charge < -0.3 is 10.0 Å². The van der Waals surface area contributed by atoms with Crippen molar-refractivity contribution in [3.05, 3.63) is 21.9 Å². The van der Waals surface area contributed by atoms with Crippen molar-refractivity contribution in [2.24, 2.45) is 11.3 Å². The second kappa shape index (κ2) is 5.71. The fourth-order valence-electron chi connectivity index (χ4n) is 3.90. The Morgan fingerprint density at radius 3 is 2.90 bits per heavy atom. The number of carbonyl (C=O) groups is 1. The van der Waals surface area contributed by atoms with Crippen molar-refractivity contribution in [1.82, 2.24) is 9.80 Å². The van der Waals surface area contributed by atoms with Crippen LogP contribution in [-0.4, -0.2) is 53.6 Å². The van der Waals surface area contributed by atoms with Crippen molar-refractivity contribution >= 4 is 17.2 Å². The minimum absolute atomic E-state index is 0.115.